The molecule has 0 bridgehead atoms. The lowest BCUT2D eigenvalue weighted by Gasteiger charge is -2.11. The van der Waals surface area contributed by atoms with Gasteiger partial charge in [0.05, 0.1) is 6.54 Å². The Bertz CT molecular complexity index is 285. The lowest BCUT2D eigenvalue weighted by molar-refractivity contribution is -0.120. The van der Waals surface area contributed by atoms with Gasteiger partial charge in [0.2, 0.25) is 5.91 Å². The van der Waals surface area contributed by atoms with E-state index in [0.717, 1.165) is 13.0 Å². The number of amides is 1. The summed E-state index contributed by atoms with van der Waals surface area (Å²) < 4.78 is 0. The molecule has 4 heteroatoms. The maximum absolute atomic E-state index is 11.3. The summed E-state index contributed by atoms with van der Waals surface area (Å²) in [5, 5.41) is 8.07. The molecule has 84 valence electrons. The van der Waals surface area contributed by atoms with Crippen LogP contribution >= 0.6 is 11.3 Å². The van der Waals surface area contributed by atoms with E-state index in [2.05, 4.69) is 23.6 Å². The van der Waals surface area contributed by atoms with Crippen LogP contribution in [0.3, 0.4) is 0 Å². The summed E-state index contributed by atoms with van der Waals surface area (Å²) in [7, 11) is 0. The molecule has 0 spiro atoms. The second-order valence-corrected chi connectivity index (χ2v) is 4.45. The molecule has 0 unspecified atom stereocenters. The number of rotatable bonds is 6. The molecule has 0 aliphatic carbocycles. The van der Waals surface area contributed by atoms with E-state index in [4.69, 9.17) is 0 Å². The Morgan fingerprint density at radius 2 is 2.40 bits per heavy atom. The molecule has 0 aromatic carbocycles. The van der Waals surface area contributed by atoms with Crippen LogP contribution in [0.2, 0.25) is 0 Å². The predicted molar refractivity (Wildman–Crippen MR) is 64.0 cm³/mol. The third-order valence-corrected chi connectivity index (χ3v) is 3.17. The second-order valence-electron chi connectivity index (χ2n) is 3.47. The van der Waals surface area contributed by atoms with Crippen LogP contribution in [0.5, 0.6) is 0 Å². The molecule has 0 saturated carbocycles. The van der Waals surface area contributed by atoms with Crippen molar-refractivity contribution < 1.29 is 4.79 Å². The molecule has 2 N–H and O–H groups in total. The molecule has 3 nitrogen and oxygen atoms in total. The minimum Gasteiger partial charge on any atom is -0.355 e. The second kappa shape index (κ2) is 6.58. The van der Waals surface area contributed by atoms with E-state index in [-0.39, 0.29) is 11.9 Å². The van der Waals surface area contributed by atoms with Crippen LogP contribution < -0.4 is 10.6 Å². The first-order valence-electron chi connectivity index (χ1n) is 5.27. The van der Waals surface area contributed by atoms with Crippen molar-refractivity contribution in [3.05, 3.63) is 22.4 Å². The van der Waals surface area contributed by atoms with Crippen LogP contribution in [0.25, 0.3) is 0 Å². The molecule has 0 radical (unpaired) electrons. The van der Waals surface area contributed by atoms with E-state index >= 15 is 0 Å². The summed E-state index contributed by atoms with van der Waals surface area (Å²) >= 11 is 1.71. The summed E-state index contributed by atoms with van der Waals surface area (Å²) in [5.41, 5.74) is 0. The molecule has 0 aliphatic rings. The molecule has 0 fully saturated rings. The van der Waals surface area contributed by atoms with Crippen LogP contribution in [0.15, 0.2) is 17.5 Å². The van der Waals surface area contributed by atoms with Crippen molar-refractivity contribution >= 4 is 17.2 Å². The van der Waals surface area contributed by atoms with E-state index in [1.807, 2.05) is 18.4 Å². The van der Waals surface area contributed by atoms with Gasteiger partial charge >= 0.3 is 0 Å². The Kier molecular flexibility index (Phi) is 5.36. The van der Waals surface area contributed by atoms with Crippen molar-refractivity contribution in [1.82, 2.24) is 10.6 Å². The molecule has 0 aliphatic heterocycles. The fourth-order valence-electron chi connectivity index (χ4n) is 1.21. The van der Waals surface area contributed by atoms with Crippen LogP contribution in [0.4, 0.5) is 0 Å². The standard InChI is InChI=1S/C11H18N2OS/c1-3-6-12-11(14)8-13-9(2)10-5-4-7-15-10/h4-5,7,9,13H,3,6,8H2,1-2H3,(H,12,14)/t9-/m0/s1. The number of hydrogen-bond acceptors (Lipinski definition) is 3. The zero-order valence-corrected chi connectivity index (χ0v) is 10.1. The topological polar surface area (TPSA) is 41.1 Å². The minimum atomic E-state index is 0.0697. The number of carbonyl (C=O) groups is 1. The first-order chi connectivity index (χ1) is 7.24. The highest BCUT2D eigenvalue weighted by molar-refractivity contribution is 7.10. The van der Waals surface area contributed by atoms with Crippen molar-refractivity contribution in [2.24, 2.45) is 0 Å². The van der Waals surface area contributed by atoms with Gasteiger partial charge in [-0.05, 0) is 24.8 Å². The Morgan fingerprint density at radius 1 is 1.60 bits per heavy atom. The van der Waals surface area contributed by atoms with Crippen LogP contribution in [0, 0.1) is 0 Å². The van der Waals surface area contributed by atoms with Gasteiger partial charge < -0.3 is 10.6 Å². The van der Waals surface area contributed by atoms with Gasteiger partial charge in [0, 0.05) is 17.5 Å². The molecule has 1 amide bonds. The molecular formula is C11H18N2OS. The van der Waals surface area contributed by atoms with Crippen LogP contribution in [0.1, 0.15) is 31.2 Å². The quantitative estimate of drug-likeness (QED) is 0.778. The van der Waals surface area contributed by atoms with Gasteiger partial charge in [0.1, 0.15) is 0 Å². The predicted octanol–water partition coefficient (Wildman–Crippen LogP) is 1.92. The maximum atomic E-state index is 11.3. The Hall–Kier alpha value is -0.870. The molecule has 1 aromatic rings. The molecule has 0 saturated heterocycles. The molecule has 1 heterocycles. The van der Waals surface area contributed by atoms with Crippen molar-refractivity contribution in [3.63, 3.8) is 0 Å². The summed E-state index contributed by atoms with van der Waals surface area (Å²) in [5.74, 6) is 0.0697. The van der Waals surface area contributed by atoms with E-state index < -0.39 is 0 Å². The van der Waals surface area contributed by atoms with Gasteiger partial charge in [-0.15, -0.1) is 11.3 Å². The lowest BCUT2D eigenvalue weighted by atomic mass is 10.3. The maximum Gasteiger partial charge on any atom is 0.233 e. The van der Waals surface area contributed by atoms with Crippen molar-refractivity contribution in [2.45, 2.75) is 26.3 Å². The number of thiophene rings is 1. The number of hydrogen-bond donors (Lipinski definition) is 2. The molecule has 1 aromatic heterocycles. The van der Waals surface area contributed by atoms with Gasteiger partial charge in [-0.2, -0.15) is 0 Å². The van der Waals surface area contributed by atoms with Gasteiger partial charge in [0.25, 0.3) is 0 Å². The fraction of sp³-hybridized carbons (Fsp3) is 0.545. The highest BCUT2D eigenvalue weighted by Crippen LogP contribution is 2.17. The normalized spacial score (nSPS) is 12.4. The average molecular weight is 226 g/mol. The number of nitrogens with one attached hydrogen (secondary N) is 2. The zero-order chi connectivity index (χ0) is 11.1. The third kappa shape index (κ3) is 4.44. The van der Waals surface area contributed by atoms with E-state index in [0.29, 0.717) is 6.54 Å². The summed E-state index contributed by atoms with van der Waals surface area (Å²) in [6.07, 6.45) is 0.978. The van der Waals surface area contributed by atoms with E-state index in [9.17, 15) is 4.79 Å². The smallest absolute Gasteiger partial charge is 0.233 e. The Labute approximate surface area is 94.9 Å². The van der Waals surface area contributed by atoms with Gasteiger partial charge in [-0.3, -0.25) is 4.79 Å². The highest BCUT2D eigenvalue weighted by Gasteiger charge is 2.07. The molecule has 1 rings (SSSR count). The zero-order valence-electron chi connectivity index (χ0n) is 9.25. The minimum absolute atomic E-state index is 0.0697. The fourth-order valence-corrected chi connectivity index (χ4v) is 1.97. The van der Waals surface area contributed by atoms with Crippen LogP contribution in [-0.2, 0) is 4.79 Å². The first-order valence-corrected chi connectivity index (χ1v) is 6.15. The van der Waals surface area contributed by atoms with Crippen LogP contribution in [-0.4, -0.2) is 19.0 Å². The SMILES string of the molecule is CCCNC(=O)CN[C@@H](C)c1cccs1. The monoisotopic (exact) mass is 226 g/mol. The summed E-state index contributed by atoms with van der Waals surface area (Å²) in [6.45, 7) is 5.26. The van der Waals surface area contributed by atoms with Crippen molar-refractivity contribution in [3.8, 4) is 0 Å². The van der Waals surface area contributed by atoms with Crippen molar-refractivity contribution in [2.75, 3.05) is 13.1 Å². The van der Waals surface area contributed by atoms with Gasteiger partial charge in [-0.1, -0.05) is 13.0 Å². The highest BCUT2D eigenvalue weighted by atomic mass is 32.1. The molecular weight excluding hydrogens is 208 g/mol. The summed E-state index contributed by atoms with van der Waals surface area (Å²) in [6, 6.07) is 4.35. The Morgan fingerprint density at radius 3 is 3.00 bits per heavy atom. The van der Waals surface area contributed by atoms with Gasteiger partial charge in [0.15, 0.2) is 0 Å². The first kappa shape index (κ1) is 12.2. The van der Waals surface area contributed by atoms with Crippen molar-refractivity contribution in [1.29, 1.82) is 0 Å². The number of carbonyl (C=O) groups excluding carboxylic acids is 1. The Balaban J connectivity index is 2.22. The molecule has 1 atom stereocenters. The summed E-state index contributed by atoms with van der Waals surface area (Å²) in [4.78, 5) is 12.6. The average Bonchev–Trinajstić information content (AvgIpc) is 2.76. The largest absolute Gasteiger partial charge is 0.355 e. The third-order valence-electron chi connectivity index (χ3n) is 2.11. The lowest BCUT2D eigenvalue weighted by Crippen LogP contribution is -2.35. The molecule has 15 heavy (non-hydrogen) atoms. The van der Waals surface area contributed by atoms with E-state index in [1.54, 1.807) is 11.3 Å². The van der Waals surface area contributed by atoms with Gasteiger partial charge in [-0.25, -0.2) is 0 Å². The van der Waals surface area contributed by atoms with E-state index in [1.165, 1.54) is 4.88 Å².